The standard InChI is InChI=1S/C23H21ClN4O4/c1-26-12-16(14-7-5-4-6-8-14)20-21(26)22(30)27(2)23(31)28(20)13-19(29)25-15-9-10-18(32-3)17(24)11-15/h4-12H,13H2,1-3H3,(H,25,29). The highest BCUT2D eigenvalue weighted by molar-refractivity contribution is 6.32. The third kappa shape index (κ3) is 3.69. The van der Waals surface area contributed by atoms with E-state index in [4.69, 9.17) is 16.3 Å². The van der Waals surface area contributed by atoms with Gasteiger partial charge in [0.15, 0.2) is 0 Å². The second kappa shape index (κ2) is 8.39. The summed E-state index contributed by atoms with van der Waals surface area (Å²) in [7, 11) is 4.64. The highest BCUT2D eigenvalue weighted by Gasteiger charge is 2.21. The first kappa shape index (κ1) is 21.5. The summed E-state index contributed by atoms with van der Waals surface area (Å²) in [6.45, 7) is -0.281. The number of hydrogen-bond acceptors (Lipinski definition) is 4. The van der Waals surface area contributed by atoms with Crippen molar-refractivity contribution in [3.63, 3.8) is 0 Å². The van der Waals surface area contributed by atoms with Crippen LogP contribution in [0, 0.1) is 0 Å². The van der Waals surface area contributed by atoms with Gasteiger partial charge in [-0.05, 0) is 23.8 Å². The predicted octanol–water partition coefficient (Wildman–Crippen LogP) is 3.01. The maximum atomic E-state index is 13.0. The third-order valence-electron chi connectivity index (χ3n) is 5.27. The molecule has 0 radical (unpaired) electrons. The largest absolute Gasteiger partial charge is 0.495 e. The first-order chi connectivity index (χ1) is 15.3. The number of amides is 1. The fourth-order valence-corrected chi connectivity index (χ4v) is 3.98. The number of anilines is 1. The van der Waals surface area contributed by atoms with Crippen molar-refractivity contribution in [3.8, 4) is 16.9 Å². The summed E-state index contributed by atoms with van der Waals surface area (Å²) < 4.78 is 9.13. The van der Waals surface area contributed by atoms with Gasteiger partial charge in [-0.25, -0.2) is 4.79 Å². The molecule has 2 heterocycles. The molecule has 0 aliphatic rings. The Bertz CT molecular complexity index is 1450. The van der Waals surface area contributed by atoms with E-state index in [-0.39, 0.29) is 6.54 Å². The van der Waals surface area contributed by atoms with Crippen molar-refractivity contribution in [2.75, 3.05) is 12.4 Å². The molecule has 0 bridgehead atoms. The average molecular weight is 453 g/mol. The summed E-state index contributed by atoms with van der Waals surface area (Å²) in [5.41, 5.74) is 1.74. The zero-order chi connectivity index (χ0) is 23.0. The van der Waals surface area contributed by atoms with Crippen molar-refractivity contribution in [2.24, 2.45) is 14.1 Å². The van der Waals surface area contributed by atoms with E-state index in [1.807, 2.05) is 30.3 Å². The van der Waals surface area contributed by atoms with Crippen LogP contribution in [0.2, 0.25) is 5.02 Å². The average Bonchev–Trinajstić information content (AvgIpc) is 3.13. The van der Waals surface area contributed by atoms with Crippen molar-refractivity contribution in [1.29, 1.82) is 0 Å². The lowest BCUT2D eigenvalue weighted by atomic mass is 10.1. The number of hydrogen-bond donors (Lipinski definition) is 1. The molecule has 0 fully saturated rings. The van der Waals surface area contributed by atoms with Crippen LogP contribution in [0.5, 0.6) is 5.75 Å². The molecule has 1 amide bonds. The lowest BCUT2D eigenvalue weighted by Crippen LogP contribution is -2.40. The van der Waals surface area contributed by atoms with E-state index < -0.39 is 17.2 Å². The fraction of sp³-hybridized carbons (Fsp3) is 0.174. The van der Waals surface area contributed by atoms with Crippen LogP contribution in [0.3, 0.4) is 0 Å². The minimum absolute atomic E-state index is 0.281. The minimum atomic E-state index is -0.575. The molecular weight excluding hydrogens is 432 g/mol. The van der Waals surface area contributed by atoms with Gasteiger partial charge in [0.2, 0.25) is 5.91 Å². The quantitative estimate of drug-likeness (QED) is 0.504. The van der Waals surface area contributed by atoms with Gasteiger partial charge in [-0.1, -0.05) is 41.9 Å². The molecule has 0 aliphatic carbocycles. The molecule has 0 aliphatic heterocycles. The molecule has 0 atom stereocenters. The zero-order valence-corrected chi connectivity index (χ0v) is 18.5. The van der Waals surface area contributed by atoms with Gasteiger partial charge in [-0.15, -0.1) is 0 Å². The molecule has 8 nitrogen and oxygen atoms in total. The number of nitrogens with zero attached hydrogens (tertiary/aromatic N) is 3. The van der Waals surface area contributed by atoms with Crippen LogP contribution >= 0.6 is 11.6 Å². The summed E-state index contributed by atoms with van der Waals surface area (Å²) in [6.07, 6.45) is 1.79. The number of ether oxygens (including phenoxy) is 1. The SMILES string of the molecule is COc1ccc(NC(=O)Cn2c(=O)n(C)c(=O)c3c2c(-c2ccccc2)cn3C)cc1Cl. The highest BCUT2D eigenvalue weighted by atomic mass is 35.5. The van der Waals surface area contributed by atoms with E-state index in [1.54, 1.807) is 36.0 Å². The molecule has 0 unspecified atom stereocenters. The Labute approximate surface area is 188 Å². The lowest BCUT2D eigenvalue weighted by Gasteiger charge is -2.13. The van der Waals surface area contributed by atoms with Crippen molar-refractivity contribution >= 4 is 34.2 Å². The summed E-state index contributed by atoms with van der Waals surface area (Å²) in [5.74, 6) is 0.0496. The maximum Gasteiger partial charge on any atom is 0.331 e. The Balaban J connectivity index is 1.81. The molecular formula is C23H21ClN4O4. The number of carbonyl (C=O) groups excluding carboxylic acids is 1. The van der Waals surface area contributed by atoms with Crippen LogP contribution in [-0.2, 0) is 25.4 Å². The lowest BCUT2D eigenvalue weighted by molar-refractivity contribution is -0.116. The summed E-state index contributed by atoms with van der Waals surface area (Å²) in [6, 6.07) is 14.3. The number of benzene rings is 2. The number of aromatic nitrogens is 3. The smallest absolute Gasteiger partial charge is 0.331 e. The first-order valence-electron chi connectivity index (χ1n) is 9.79. The van der Waals surface area contributed by atoms with Crippen molar-refractivity contribution in [3.05, 3.63) is 80.6 Å². The van der Waals surface area contributed by atoms with Crippen molar-refractivity contribution in [2.45, 2.75) is 6.54 Å². The molecule has 4 rings (SSSR count). The molecule has 0 spiro atoms. The molecule has 0 saturated carbocycles. The molecule has 164 valence electrons. The number of rotatable bonds is 5. The van der Waals surface area contributed by atoms with Crippen LogP contribution in [0.15, 0.2) is 64.3 Å². The van der Waals surface area contributed by atoms with E-state index in [0.29, 0.717) is 33.1 Å². The number of fused-ring (bicyclic) bond motifs is 1. The maximum absolute atomic E-state index is 13.0. The van der Waals surface area contributed by atoms with Gasteiger partial charge >= 0.3 is 5.69 Å². The summed E-state index contributed by atoms with van der Waals surface area (Å²) in [4.78, 5) is 38.7. The Hall–Kier alpha value is -3.78. The van der Waals surface area contributed by atoms with Gasteiger partial charge in [-0.2, -0.15) is 0 Å². The number of aryl methyl sites for hydroxylation is 1. The topological polar surface area (TPSA) is 87.3 Å². The Kier molecular flexibility index (Phi) is 5.63. The normalized spacial score (nSPS) is 11.0. The van der Waals surface area contributed by atoms with Gasteiger partial charge < -0.3 is 14.6 Å². The van der Waals surface area contributed by atoms with Gasteiger partial charge in [0, 0.05) is 31.5 Å². The Morgan fingerprint density at radius 2 is 1.78 bits per heavy atom. The Morgan fingerprint density at radius 3 is 2.44 bits per heavy atom. The minimum Gasteiger partial charge on any atom is -0.495 e. The number of nitrogens with one attached hydrogen (secondary N) is 1. The number of carbonyl (C=O) groups is 1. The van der Waals surface area contributed by atoms with E-state index in [1.165, 1.54) is 18.7 Å². The molecule has 32 heavy (non-hydrogen) atoms. The second-order valence-corrected chi connectivity index (χ2v) is 7.75. The van der Waals surface area contributed by atoms with E-state index in [0.717, 1.165) is 10.1 Å². The molecule has 2 aromatic carbocycles. The third-order valence-corrected chi connectivity index (χ3v) is 5.57. The van der Waals surface area contributed by atoms with Crippen molar-refractivity contribution in [1.82, 2.24) is 13.7 Å². The predicted molar refractivity (Wildman–Crippen MR) is 124 cm³/mol. The van der Waals surface area contributed by atoms with E-state index in [2.05, 4.69) is 5.32 Å². The molecule has 2 aromatic heterocycles. The highest BCUT2D eigenvalue weighted by Crippen LogP contribution is 2.29. The molecule has 4 aromatic rings. The molecule has 9 heteroatoms. The van der Waals surface area contributed by atoms with Gasteiger partial charge in [-0.3, -0.25) is 18.7 Å². The van der Waals surface area contributed by atoms with Crippen LogP contribution in [0.1, 0.15) is 0 Å². The van der Waals surface area contributed by atoms with E-state index in [9.17, 15) is 14.4 Å². The van der Waals surface area contributed by atoms with Gasteiger partial charge in [0.05, 0.1) is 17.6 Å². The first-order valence-corrected chi connectivity index (χ1v) is 10.2. The number of methoxy groups -OCH3 is 1. The Morgan fingerprint density at radius 1 is 1.06 bits per heavy atom. The van der Waals surface area contributed by atoms with Crippen molar-refractivity contribution < 1.29 is 9.53 Å². The van der Waals surface area contributed by atoms with Crippen LogP contribution in [-0.4, -0.2) is 26.7 Å². The summed E-state index contributed by atoms with van der Waals surface area (Å²) >= 11 is 6.13. The fourth-order valence-electron chi connectivity index (χ4n) is 3.73. The van der Waals surface area contributed by atoms with Gasteiger partial charge in [0.1, 0.15) is 17.8 Å². The van der Waals surface area contributed by atoms with Crippen LogP contribution < -0.4 is 21.3 Å². The zero-order valence-electron chi connectivity index (χ0n) is 17.8. The van der Waals surface area contributed by atoms with Crippen LogP contribution in [0.25, 0.3) is 22.2 Å². The van der Waals surface area contributed by atoms with E-state index >= 15 is 0 Å². The molecule has 0 saturated heterocycles. The summed E-state index contributed by atoms with van der Waals surface area (Å²) in [5, 5.41) is 3.09. The van der Waals surface area contributed by atoms with Gasteiger partial charge in [0.25, 0.3) is 5.56 Å². The van der Waals surface area contributed by atoms with Crippen LogP contribution in [0.4, 0.5) is 5.69 Å². The second-order valence-electron chi connectivity index (χ2n) is 7.35. The molecule has 1 N–H and O–H groups in total. The monoisotopic (exact) mass is 452 g/mol. The number of halogens is 1.